The molecule has 0 aliphatic heterocycles. The monoisotopic (exact) mass is 428 g/mol. The molecule has 158 valence electrons. The summed E-state index contributed by atoms with van der Waals surface area (Å²) in [5.41, 5.74) is 3.87. The molecule has 0 amide bonds. The molecule has 31 heavy (non-hydrogen) atoms. The normalized spacial score (nSPS) is 12.0. The second kappa shape index (κ2) is 10.4. The van der Waals surface area contributed by atoms with Crippen molar-refractivity contribution in [1.29, 1.82) is 0 Å². The highest BCUT2D eigenvalue weighted by molar-refractivity contribution is 7.13. The number of ether oxygens (including phenoxy) is 1. The van der Waals surface area contributed by atoms with E-state index in [-0.39, 0.29) is 11.9 Å². The summed E-state index contributed by atoms with van der Waals surface area (Å²) in [7, 11) is 1.50. The van der Waals surface area contributed by atoms with E-state index in [2.05, 4.69) is 84.2 Å². The molecule has 0 aliphatic carbocycles. The SMILES string of the molecule is COC(=O)C(CCCc1cccc2ccccc12)CCc1ccc(-c2cccs2)cc1. The topological polar surface area (TPSA) is 26.3 Å². The zero-order chi connectivity index (χ0) is 21.5. The van der Waals surface area contributed by atoms with Crippen molar-refractivity contribution in [2.24, 2.45) is 5.92 Å². The maximum atomic E-state index is 12.4. The van der Waals surface area contributed by atoms with Gasteiger partial charge >= 0.3 is 5.97 Å². The number of carbonyl (C=O) groups is 1. The maximum Gasteiger partial charge on any atom is 0.308 e. The Labute approximate surface area is 188 Å². The highest BCUT2D eigenvalue weighted by atomic mass is 32.1. The van der Waals surface area contributed by atoms with Gasteiger partial charge in [0.25, 0.3) is 0 Å². The van der Waals surface area contributed by atoms with Crippen LogP contribution in [0.3, 0.4) is 0 Å². The summed E-state index contributed by atoms with van der Waals surface area (Å²) < 4.78 is 5.10. The summed E-state index contributed by atoms with van der Waals surface area (Å²) in [6.07, 6.45) is 4.51. The van der Waals surface area contributed by atoms with Crippen molar-refractivity contribution in [3.8, 4) is 10.4 Å². The van der Waals surface area contributed by atoms with Crippen LogP contribution in [-0.2, 0) is 22.4 Å². The minimum absolute atomic E-state index is 0.0584. The molecule has 0 fully saturated rings. The molecule has 2 nitrogen and oxygen atoms in total. The number of carbonyl (C=O) groups excluding carboxylic acids is 1. The second-order valence-electron chi connectivity index (χ2n) is 7.96. The van der Waals surface area contributed by atoms with Gasteiger partial charge in [0, 0.05) is 4.88 Å². The molecule has 0 bridgehead atoms. The Morgan fingerprint density at radius 2 is 1.68 bits per heavy atom. The van der Waals surface area contributed by atoms with Crippen molar-refractivity contribution < 1.29 is 9.53 Å². The van der Waals surface area contributed by atoms with E-state index in [1.165, 1.54) is 39.4 Å². The van der Waals surface area contributed by atoms with Crippen LogP contribution in [-0.4, -0.2) is 13.1 Å². The average Bonchev–Trinajstić information content (AvgIpc) is 3.36. The molecule has 0 N–H and O–H groups in total. The van der Waals surface area contributed by atoms with Crippen molar-refractivity contribution in [3.05, 3.63) is 95.4 Å². The lowest BCUT2D eigenvalue weighted by atomic mass is 9.92. The number of rotatable bonds is 9. The lowest BCUT2D eigenvalue weighted by Gasteiger charge is -2.15. The summed E-state index contributed by atoms with van der Waals surface area (Å²) in [5, 5.41) is 4.68. The number of aryl methyl sites for hydroxylation is 2. The number of hydrogen-bond acceptors (Lipinski definition) is 3. The van der Waals surface area contributed by atoms with E-state index in [0.29, 0.717) is 0 Å². The quantitative estimate of drug-likeness (QED) is 0.261. The molecule has 3 aromatic carbocycles. The van der Waals surface area contributed by atoms with Crippen molar-refractivity contribution in [2.45, 2.75) is 32.1 Å². The Hall–Kier alpha value is -2.91. The minimum atomic E-state index is -0.0897. The molecule has 0 saturated heterocycles. The van der Waals surface area contributed by atoms with Gasteiger partial charge in [-0.3, -0.25) is 4.79 Å². The van der Waals surface area contributed by atoms with E-state index in [1.54, 1.807) is 11.3 Å². The Morgan fingerprint density at radius 1 is 0.871 bits per heavy atom. The fraction of sp³-hybridized carbons (Fsp3) is 0.250. The van der Waals surface area contributed by atoms with Gasteiger partial charge in [-0.25, -0.2) is 0 Å². The van der Waals surface area contributed by atoms with Crippen LogP contribution in [0, 0.1) is 5.92 Å². The van der Waals surface area contributed by atoms with Crippen molar-refractivity contribution in [3.63, 3.8) is 0 Å². The van der Waals surface area contributed by atoms with Gasteiger partial charge in [-0.15, -0.1) is 11.3 Å². The zero-order valence-corrected chi connectivity index (χ0v) is 18.7. The molecular formula is C28H28O2S. The fourth-order valence-electron chi connectivity index (χ4n) is 4.22. The summed E-state index contributed by atoms with van der Waals surface area (Å²) in [6.45, 7) is 0. The first-order chi connectivity index (χ1) is 15.2. The number of thiophene rings is 1. The standard InChI is InChI=1S/C28H28O2S/c1-30-28(29)25(11-5-10-23-9-4-8-22-7-2-3-12-26(22)23)19-16-21-14-17-24(18-15-21)27-13-6-20-31-27/h2-4,6-9,12-15,17-18,20,25H,5,10-11,16,19H2,1H3. The van der Waals surface area contributed by atoms with Gasteiger partial charge in [0.1, 0.15) is 0 Å². The van der Waals surface area contributed by atoms with E-state index in [1.807, 2.05) is 0 Å². The van der Waals surface area contributed by atoms with Gasteiger partial charge in [-0.2, -0.15) is 0 Å². The summed E-state index contributed by atoms with van der Waals surface area (Å²) >= 11 is 1.75. The molecule has 4 aromatic rings. The van der Waals surface area contributed by atoms with Crippen LogP contribution in [0.1, 0.15) is 30.4 Å². The molecule has 1 atom stereocenters. The number of benzene rings is 3. The molecule has 1 aromatic heterocycles. The Bertz CT molecular complexity index is 1110. The first-order valence-electron chi connectivity index (χ1n) is 10.9. The number of fused-ring (bicyclic) bond motifs is 1. The minimum Gasteiger partial charge on any atom is -0.469 e. The predicted molar refractivity (Wildman–Crippen MR) is 130 cm³/mol. The van der Waals surface area contributed by atoms with Crippen LogP contribution in [0.5, 0.6) is 0 Å². The van der Waals surface area contributed by atoms with Gasteiger partial charge in [-0.1, -0.05) is 72.8 Å². The molecule has 0 saturated carbocycles. The van der Waals surface area contributed by atoms with Crippen molar-refractivity contribution in [1.82, 2.24) is 0 Å². The van der Waals surface area contributed by atoms with E-state index in [0.717, 1.165) is 32.1 Å². The third-order valence-electron chi connectivity index (χ3n) is 5.95. The van der Waals surface area contributed by atoms with Gasteiger partial charge in [-0.05, 0) is 71.0 Å². The molecule has 0 aliphatic rings. The first-order valence-corrected chi connectivity index (χ1v) is 11.8. The van der Waals surface area contributed by atoms with Crippen LogP contribution in [0.2, 0.25) is 0 Å². The lowest BCUT2D eigenvalue weighted by Crippen LogP contribution is -2.17. The van der Waals surface area contributed by atoms with Gasteiger partial charge < -0.3 is 4.74 Å². The third kappa shape index (κ3) is 5.42. The zero-order valence-electron chi connectivity index (χ0n) is 17.9. The maximum absolute atomic E-state index is 12.4. The smallest absolute Gasteiger partial charge is 0.308 e. The molecule has 0 spiro atoms. The summed E-state index contributed by atoms with van der Waals surface area (Å²) in [6, 6.07) is 27.9. The third-order valence-corrected chi connectivity index (χ3v) is 6.87. The van der Waals surface area contributed by atoms with Crippen LogP contribution in [0.15, 0.2) is 84.2 Å². The van der Waals surface area contributed by atoms with E-state index < -0.39 is 0 Å². The first kappa shape index (κ1) is 21.3. The molecule has 1 unspecified atom stereocenters. The predicted octanol–water partition coefficient (Wildman–Crippen LogP) is 7.31. The highest BCUT2D eigenvalue weighted by Crippen LogP contribution is 2.26. The largest absolute Gasteiger partial charge is 0.469 e. The summed E-state index contributed by atoms with van der Waals surface area (Å²) in [5.74, 6) is -0.148. The van der Waals surface area contributed by atoms with Gasteiger partial charge in [0.15, 0.2) is 0 Å². The van der Waals surface area contributed by atoms with Crippen LogP contribution < -0.4 is 0 Å². The Morgan fingerprint density at radius 3 is 2.45 bits per heavy atom. The lowest BCUT2D eigenvalue weighted by molar-refractivity contribution is -0.145. The molecule has 1 heterocycles. The number of esters is 1. The number of hydrogen-bond donors (Lipinski definition) is 0. The van der Waals surface area contributed by atoms with E-state index in [4.69, 9.17) is 4.74 Å². The van der Waals surface area contributed by atoms with Gasteiger partial charge in [0.05, 0.1) is 13.0 Å². The second-order valence-corrected chi connectivity index (χ2v) is 8.91. The Balaban J connectivity index is 1.35. The number of methoxy groups -OCH3 is 1. The van der Waals surface area contributed by atoms with Crippen LogP contribution in [0.4, 0.5) is 0 Å². The van der Waals surface area contributed by atoms with Crippen molar-refractivity contribution in [2.75, 3.05) is 7.11 Å². The molecule has 4 rings (SSSR count). The summed E-state index contributed by atoms with van der Waals surface area (Å²) in [4.78, 5) is 13.7. The highest BCUT2D eigenvalue weighted by Gasteiger charge is 2.19. The van der Waals surface area contributed by atoms with E-state index in [9.17, 15) is 4.79 Å². The molecule has 3 heteroatoms. The molecule has 0 radical (unpaired) electrons. The van der Waals surface area contributed by atoms with Crippen molar-refractivity contribution >= 4 is 28.1 Å². The van der Waals surface area contributed by atoms with Crippen LogP contribution in [0.25, 0.3) is 21.2 Å². The van der Waals surface area contributed by atoms with Crippen LogP contribution >= 0.6 is 11.3 Å². The fourth-order valence-corrected chi connectivity index (χ4v) is 4.95. The van der Waals surface area contributed by atoms with E-state index >= 15 is 0 Å². The average molecular weight is 429 g/mol. The molecular weight excluding hydrogens is 400 g/mol. The Kier molecular flexibility index (Phi) is 7.16. The van der Waals surface area contributed by atoms with Gasteiger partial charge in [0.2, 0.25) is 0 Å².